The van der Waals surface area contributed by atoms with E-state index in [-0.39, 0.29) is 58.3 Å². The van der Waals surface area contributed by atoms with Gasteiger partial charge in [0.25, 0.3) is 0 Å². The lowest BCUT2D eigenvalue weighted by molar-refractivity contribution is -0.128. The van der Waals surface area contributed by atoms with Crippen molar-refractivity contribution in [2.24, 2.45) is 0 Å². The van der Waals surface area contributed by atoms with Gasteiger partial charge in [0, 0.05) is 37.1 Å². The van der Waals surface area contributed by atoms with Crippen molar-refractivity contribution in [1.29, 1.82) is 0 Å². The number of aromatic hydroxyl groups is 1. The Kier molecular flexibility index (Phi) is 7.02. The molecule has 3 aromatic rings. The minimum atomic E-state index is -0.667. The number of phenols is 1. The van der Waals surface area contributed by atoms with Crippen LogP contribution in [0.4, 0.5) is 10.2 Å². The van der Waals surface area contributed by atoms with Crippen LogP contribution in [0.5, 0.6) is 11.5 Å². The Morgan fingerprint density at radius 3 is 2.69 bits per heavy atom. The zero-order valence-electron chi connectivity index (χ0n) is 22.3. The molecule has 1 amide bonds. The molecule has 2 aliphatic rings. The number of carbonyl (C=O) groups is 1. The Bertz CT molecular complexity index is 1520. The summed E-state index contributed by atoms with van der Waals surface area (Å²) < 4.78 is 22.9. The van der Waals surface area contributed by atoms with Gasteiger partial charge in [-0.3, -0.25) is 9.36 Å². The quantitative estimate of drug-likeness (QED) is 0.480. The highest BCUT2D eigenvalue weighted by Gasteiger charge is 2.36. The van der Waals surface area contributed by atoms with E-state index in [1.165, 1.54) is 24.3 Å². The molecule has 0 radical (unpaired) electrons. The number of benzene rings is 2. The van der Waals surface area contributed by atoms with E-state index < -0.39 is 11.5 Å². The number of rotatable bonds is 5. The minimum Gasteiger partial charge on any atom is -0.507 e. The molecule has 0 bridgehead atoms. The van der Waals surface area contributed by atoms with E-state index in [1.54, 1.807) is 15.5 Å². The average molecular weight is 556 g/mol. The van der Waals surface area contributed by atoms with Crippen molar-refractivity contribution in [1.82, 2.24) is 19.4 Å². The number of amides is 1. The van der Waals surface area contributed by atoms with Crippen LogP contribution in [-0.2, 0) is 4.79 Å². The summed E-state index contributed by atoms with van der Waals surface area (Å²) >= 11 is 6.80. The largest absolute Gasteiger partial charge is 0.507 e. The van der Waals surface area contributed by atoms with Gasteiger partial charge >= 0.3 is 5.69 Å². The van der Waals surface area contributed by atoms with Gasteiger partial charge in [0.05, 0.1) is 27.7 Å². The number of aromatic nitrogens is 2. The SMILES string of the molecule is C=CC(=O)N1C[C@H](C)N(c2nc(=O)n3c4c(c(-c5c(O)cccc5F)c(Cl)cc24)OC[C@H]3CN(C)C)C[C@H]1C. The maximum Gasteiger partial charge on any atom is 0.350 e. The maximum atomic E-state index is 15.1. The third-order valence-corrected chi connectivity index (χ3v) is 7.71. The van der Waals surface area contributed by atoms with Crippen molar-refractivity contribution in [3.8, 4) is 22.6 Å². The highest BCUT2D eigenvalue weighted by Crippen LogP contribution is 2.49. The third kappa shape index (κ3) is 4.51. The summed E-state index contributed by atoms with van der Waals surface area (Å²) in [6.07, 6.45) is 1.30. The molecule has 206 valence electrons. The van der Waals surface area contributed by atoms with Crippen molar-refractivity contribution in [2.75, 3.05) is 45.2 Å². The smallest absolute Gasteiger partial charge is 0.350 e. The van der Waals surface area contributed by atoms with Gasteiger partial charge in [-0.1, -0.05) is 24.2 Å². The summed E-state index contributed by atoms with van der Waals surface area (Å²) in [4.78, 5) is 36.3. The number of likely N-dealkylation sites (N-methyl/N-ethyl adjacent to an activating group) is 1. The van der Waals surface area contributed by atoms with Crippen molar-refractivity contribution < 1.29 is 19.0 Å². The standard InChI is InChI=1S/C28H31ClFN5O4/c1-6-22(37)33-11-16(3)34(12-15(33)2)27-18-10-19(29)23(24-20(30)8-7-9-21(24)36)26-25(18)35(28(38)31-27)17(14-39-26)13-32(4)5/h6-10,15-17,36H,1,11-14H2,2-5H3/t15-,16+,17-/m1/s1. The van der Waals surface area contributed by atoms with Crippen LogP contribution < -0.4 is 15.3 Å². The molecule has 2 aromatic carbocycles. The van der Waals surface area contributed by atoms with Crippen LogP contribution in [-0.4, -0.2) is 82.8 Å². The number of hydrogen-bond acceptors (Lipinski definition) is 7. The van der Waals surface area contributed by atoms with Gasteiger partial charge in [-0.15, -0.1) is 0 Å². The van der Waals surface area contributed by atoms with E-state index in [4.69, 9.17) is 16.3 Å². The number of nitrogens with zero attached hydrogens (tertiary/aromatic N) is 5. The monoisotopic (exact) mass is 555 g/mol. The van der Waals surface area contributed by atoms with Crippen LogP contribution in [0.1, 0.15) is 19.9 Å². The number of piperazine rings is 1. The van der Waals surface area contributed by atoms with E-state index >= 15 is 4.39 Å². The van der Waals surface area contributed by atoms with Gasteiger partial charge in [-0.2, -0.15) is 4.98 Å². The molecule has 0 aliphatic carbocycles. The van der Waals surface area contributed by atoms with Crippen LogP contribution in [0.2, 0.25) is 5.02 Å². The number of phenolic OH excluding ortho intramolecular Hbond substituents is 1. The molecule has 2 aliphatic heterocycles. The molecule has 1 saturated heterocycles. The predicted octanol–water partition coefficient (Wildman–Crippen LogP) is 3.67. The van der Waals surface area contributed by atoms with Crippen molar-refractivity contribution in [3.63, 3.8) is 0 Å². The zero-order chi connectivity index (χ0) is 28.2. The van der Waals surface area contributed by atoms with Crippen molar-refractivity contribution >= 4 is 34.2 Å². The average Bonchev–Trinajstić information content (AvgIpc) is 2.88. The molecule has 9 nitrogen and oxygen atoms in total. The first-order chi connectivity index (χ1) is 18.5. The highest BCUT2D eigenvalue weighted by atomic mass is 35.5. The lowest BCUT2D eigenvalue weighted by Gasteiger charge is -2.45. The first kappa shape index (κ1) is 27.0. The van der Waals surface area contributed by atoms with Gasteiger partial charge in [-0.05, 0) is 52.2 Å². The topological polar surface area (TPSA) is 91.1 Å². The molecule has 11 heteroatoms. The fourth-order valence-electron chi connectivity index (χ4n) is 5.67. The molecular formula is C28H31ClFN5O4. The molecule has 0 spiro atoms. The van der Waals surface area contributed by atoms with Crippen molar-refractivity contribution in [2.45, 2.75) is 32.0 Å². The second kappa shape index (κ2) is 10.2. The maximum absolute atomic E-state index is 15.1. The number of anilines is 1. The molecule has 1 fully saturated rings. The fraction of sp³-hybridized carbons (Fsp3) is 0.393. The summed E-state index contributed by atoms with van der Waals surface area (Å²) in [7, 11) is 3.80. The second-order valence-corrected chi connectivity index (χ2v) is 10.9. The van der Waals surface area contributed by atoms with Crippen LogP contribution in [0.25, 0.3) is 22.0 Å². The summed E-state index contributed by atoms with van der Waals surface area (Å²) in [5, 5.41) is 11.3. The lowest BCUT2D eigenvalue weighted by atomic mass is 9.98. The van der Waals surface area contributed by atoms with Crippen LogP contribution >= 0.6 is 11.6 Å². The van der Waals surface area contributed by atoms with E-state index in [2.05, 4.69) is 11.6 Å². The van der Waals surface area contributed by atoms with Gasteiger partial charge in [-0.25, -0.2) is 9.18 Å². The highest BCUT2D eigenvalue weighted by molar-refractivity contribution is 6.35. The molecular weight excluding hydrogens is 525 g/mol. The van der Waals surface area contributed by atoms with E-state index in [1.807, 2.05) is 37.7 Å². The molecule has 1 N–H and O–H groups in total. The third-order valence-electron chi connectivity index (χ3n) is 7.42. The Morgan fingerprint density at radius 2 is 2.03 bits per heavy atom. The first-order valence-electron chi connectivity index (χ1n) is 12.8. The normalized spacial score (nSPS) is 20.8. The molecule has 5 rings (SSSR count). The minimum absolute atomic E-state index is 0.0960. The van der Waals surface area contributed by atoms with Gasteiger partial charge < -0.3 is 24.5 Å². The molecule has 0 unspecified atom stereocenters. The fourth-order valence-corrected chi connectivity index (χ4v) is 5.96. The second-order valence-electron chi connectivity index (χ2n) is 10.5. The van der Waals surface area contributed by atoms with Crippen LogP contribution in [0, 0.1) is 5.82 Å². The van der Waals surface area contributed by atoms with Gasteiger partial charge in [0.15, 0.2) is 5.75 Å². The molecule has 39 heavy (non-hydrogen) atoms. The molecule has 3 heterocycles. The molecule has 3 atom stereocenters. The molecule has 1 aromatic heterocycles. The van der Waals surface area contributed by atoms with Crippen LogP contribution in [0.15, 0.2) is 41.7 Å². The van der Waals surface area contributed by atoms with E-state index in [0.717, 1.165) is 0 Å². The summed E-state index contributed by atoms with van der Waals surface area (Å²) in [6.45, 7) is 8.99. The number of carbonyl (C=O) groups excluding carboxylic acids is 1. The summed E-state index contributed by atoms with van der Waals surface area (Å²) in [5.41, 5.74) is 0.0523. The van der Waals surface area contributed by atoms with E-state index in [0.29, 0.717) is 36.4 Å². The Labute approximate surface area is 230 Å². The first-order valence-corrected chi connectivity index (χ1v) is 13.1. The summed E-state index contributed by atoms with van der Waals surface area (Å²) in [5.74, 6) is -0.482. The zero-order valence-corrected chi connectivity index (χ0v) is 23.1. The summed E-state index contributed by atoms with van der Waals surface area (Å²) in [6, 6.07) is 4.97. The van der Waals surface area contributed by atoms with Crippen molar-refractivity contribution in [3.05, 3.63) is 58.2 Å². The van der Waals surface area contributed by atoms with E-state index in [9.17, 15) is 14.7 Å². The Hall–Kier alpha value is -3.63. The Balaban J connectivity index is 1.78. The number of halogens is 2. The molecule has 0 saturated carbocycles. The Morgan fingerprint density at radius 1 is 1.28 bits per heavy atom. The van der Waals surface area contributed by atoms with Gasteiger partial charge in [0.1, 0.15) is 24.0 Å². The number of ether oxygens (including phenoxy) is 1. The number of hydrogen-bond donors (Lipinski definition) is 1. The van der Waals surface area contributed by atoms with Crippen LogP contribution in [0.3, 0.4) is 0 Å². The predicted molar refractivity (Wildman–Crippen MR) is 149 cm³/mol. The van der Waals surface area contributed by atoms with Gasteiger partial charge in [0.2, 0.25) is 5.91 Å². The lowest BCUT2D eigenvalue weighted by Crippen LogP contribution is -2.58.